The van der Waals surface area contributed by atoms with Gasteiger partial charge in [0.1, 0.15) is 0 Å². The van der Waals surface area contributed by atoms with Crippen molar-refractivity contribution in [2.24, 2.45) is 0 Å². The lowest BCUT2D eigenvalue weighted by Crippen LogP contribution is -2.14. The van der Waals surface area contributed by atoms with Crippen LogP contribution in [0.3, 0.4) is 0 Å². The number of ether oxygens (including phenoxy) is 2. The number of rotatable bonds is 2. The van der Waals surface area contributed by atoms with Crippen molar-refractivity contribution in [3.63, 3.8) is 0 Å². The normalized spacial score (nSPS) is 22.9. The smallest absolute Gasteiger partial charge is 0.164 e. The molecule has 1 saturated heterocycles. The van der Waals surface area contributed by atoms with Crippen LogP contribution in [0.4, 0.5) is 0 Å². The Morgan fingerprint density at radius 3 is 3.12 bits per heavy atom. The zero-order chi connectivity index (χ0) is 11.0. The Morgan fingerprint density at radius 2 is 2.38 bits per heavy atom. The predicted octanol–water partition coefficient (Wildman–Crippen LogP) is 2.05. The maximum Gasteiger partial charge on any atom is 0.164 e. The van der Waals surface area contributed by atoms with Gasteiger partial charge in [0.2, 0.25) is 0 Å². The number of hydrogen-bond acceptors (Lipinski definition) is 3. The molecule has 1 atom stereocenters. The first-order valence-electron chi connectivity index (χ1n) is 5.96. The molecule has 1 aromatic rings. The van der Waals surface area contributed by atoms with Crippen LogP contribution in [0.15, 0.2) is 12.1 Å². The molecule has 1 aromatic carbocycles. The monoisotopic (exact) mass is 219 g/mol. The molecule has 2 aliphatic rings. The number of hydrogen-bond donors (Lipinski definition) is 1. The van der Waals surface area contributed by atoms with Gasteiger partial charge in [0.05, 0.1) is 13.7 Å². The predicted molar refractivity (Wildman–Crippen MR) is 62.2 cm³/mol. The highest BCUT2D eigenvalue weighted by atomic mass is 16.5. The Labute approximate surface area is 95.8 Å². The van der Waals surface area contributed by atoms with E-state index < -0.39 is 0 Å². The molecule has 0 aromatic heterocycles. The van der Waals surface area contributed by atoms with Gasteiger partial charge in [-0.25, -0.2) is 0 Å². The molecule has 0 aliphatic carbocycles. The van der Waals surface area contributed by atoms with Crippen molar-refractivity contribution in [3.05, 3.63) is 23.3 Å². The zero-order valence-corrected chi connectivity index (χ0v) is 9.58. The molecule has 0 saturated carbocycles. The van der Waals surface area contributed by atoms with E-state index in [0.717, 1.165) is 31.1 Å². The second kappa shape index (κ2) is 3.98. The lowest BCUT2D eigenvalue weighted by atomic mass is 9.97. The van der Waals surface area contributed by atoms with Crippen molar-refractivity contribution < 1.29 is 9.47 Å². The largest absolute Gasteiger partial charge is 0.493 e. The van der Waals surface area contributed by atoms with Crippen LogP contribution in [0.2, 0.25) is 0 Å². The molecule has 16 heavy (non-hydrogen) atoms. The summed E-state index contributed by atoms with van der Waals surface area (Å²) in [4.78, 5) is 0. The highest BCUT2D eigenvalue weighted by Crippen LogP contribution is 2.41. The first kappa shape index (κ1) is 9.97. The van der Waals surface area contributed by atoms with Crippen LogP contribution in [-0.4, -0.2) is 20.3 Å². The minimum atomic E-state index is 0.515. The summed E-state index contributed by atoms with van der Waals surface area (Å²) >= 11 is 0. The molecule has 3 heteroatoms. The molecule has 3 rings (SSSR count). The van der Waals surface area contributed by atoms with E-state index in [1.807, 2.05) is 6.07 Å². The van der Waals surface area contributed by atoms with Crippen LogP contribution in [0.1, 0.15) is 30.0 Å². The van der Waals surface area contributed by atoms with E-state index in [1.54, 1.807) is 7.11 Å². The number of benzene rings is 1. The summed E-state index contributed by atoms with van der Waals surface area (Å²) in [5, 5.41) is 3.54. The maximum atomic E-state index is 5.67. The molecular weight excluding hydrogens is 202 g/mol. The van der Waals surface area contributed by atoms with Gasteiger partial charge in [-0.1, -0.05) is 6.07 Å². The van der Waals surface area contributed by atoms with Gasteiger partial charge in [0.25, 0.3) is 0 Å². The third-order valence-electron chi connectivity index (χ3n) is 3.51. The van der Waals surface area contributed by atoms with Gasteiger partial charge in [-0.15, -0.1) is 0 Å². The fraction of sp³-hybridized carbons (Fsp3) is 0.538. The minimum absolute atomic E-state index is 0.515. The van der Waals surface area contributed by atoms with E-state index in [9.17, 15) is 0 Å². The van der Waals surface area contributed by atoms with Crippen molar-refractivity contribution in [1.29, 1.82) is 0 Å². The lowest BCUT2D eigenvalue weighted by molar-refractivity contribution is 0.326. The van der Waals surface area contributed by atoms with E-state index in [-0.39, 0.29) is 0 Å². The molecule has 0 spiro atoms. The fourth-order valence-electron chi connectivity index (χ4n) is 2.73. The molecule has 1 unspecified atom stereocenters. The Hall–Kier alpha value is -1.22. The van der Waals surface area contributed by atoms with Gasteiger partial charge < -0.3 is 14.8 Å². The Kier molecular flexibility index (Phi) is 2.48. The quantitative estimate of drug-likeness (QED) is 0.825. The molecule has 2 heterocycles. The first-order valence-corrected chi connectivity index (χ1v) is 5.96. The summed E-state index contributed by atoms with van der Waals surface area (Å²) in [6.45, 7) is 1.92. The van der Waals surface area contributed by atoms with Gasteiger partial charge in [-0.05, 0) is 31.0 Å². The van der Waals surface area contributed by atoms with Crippen molar-refractivity contribution >= 4 is 0 Å². The Bertz CT molecular complexity index is 397. The molecule has 0 amide bonds. The van der Waals surface area contributed by atoms with E-state index in [0.29, 0.717) is 6.04 Å². The summed E-state index contributed by atoms with van der Waals surface area (Å²) < 4.78 is 11.0. The van der Waals surface area contributed by atoms with Crippen LogP contribution >= 0.6 is 0 Å². The van der Waals surface area contributed by atoms with E-state index in [1.165, 1.54) is 24.0 Å². The zero-order valence-electron chi connectivity index (χ0n) is 9.58. The van der Waals surface area contributed by atoms with Crippen LogP contribution in [-0.2, 0) is 6.42 Å². The first-order chi connectivity index (χ1) is 7.90. The summed E-state index contributed by atoms with van der Waals surface area (Å²) in [6.07, 6.45) is 3.52. The van der Waals surface area contributed by atoms with Gasteiger partial charge in [-0.3, -0.25) is 0 Å². The molecule has 86 valence electrons. The van der Waals surface area contributed by atoms with Crippen LogP contribution in [0, 0.1) is 0 Å². The average Bonchev–Trinajstić information content (AvgIpc) is 2.98. The molecule has 3 nitrogen and oxygen atoms in total. The van der Waals surface area contributed by atoms with Crippen molar-refractivity contribution in [1.82, 2.24) is 5.32 Å². The van der Waals surface area contributed by atoms with Gasteiger partial charge >= 0.3 is 0 Å². The average molecular weight is 219 g/mol. The summed E-state index contributed by atoms with van der Waals surface area (Å²) in [5.41, 5.74) is 2.75. The maximum absolute atomic E-state index is 5.67. The second-order valence-electron chi connectivity index (χ2n) is 4.41. The summed E-state index contributed by atoms with van der Waals surface area (Å²) in [7, 11) is 1.70. The number of methoxy groups -OCH3 is 1. The third kappa shape index (κ3) is 1.47. The van der Waals surface area contributed by atoms with Crippen molar-refractivity contribution in [3.8, 4) is 11.5 Å². The SMILES string of the molecule is COc1ccc(C2CCCN2)c2c1OCC2. The standard InChI is InChI=1S/C13H17NO2/c1-15-12-5-4-9(11-3-2-7-14-11)10-6-8-16-13(10)12/h4-5,11,14H,2-3,6-8H2,1H3. The van der Waals surface area contributed by atoms with E-state index in [2.05, 4.69) is 11.4 Å². The highest BCUT2D eigenvalue weighted by molar-refractivity contribution is 5.53. The van der Waals surface area contributed by atoms with Gasteiger partial charge in [0.15, 0.2) is 11.5 Å². The fourth-order valence-corrected chi connectivity index (χ4v) is 2.73. The molecule has 1 N–H and O–H groups in total. The molecule has 2 aliphatic heterocycles. The third-order valence-corrected chi connectivity index (χ3v) is 3.51. The molecule has 1 fully saturated rings. The highest BCUT2D eigenvalue weighted by Gasteiger charge is 2.26. The van der Waals surface area contributed by atoms with E-state index >= 15 is 0 Å². The van der Waals surface area contributed by atoms with Gasteiger partial charge in [-0.2, -0.15) is 0 Å². The molecule has 0 radical (unpaired) electrons. The van der Waals surface area contributed by atoms with Crippen LogP contribution in [0.5, 0.6) is 11.5 Å². The second-order valence-corrected chi connectivity index (χ2v) is 4.41. The Morgan fingerprint density at radius 1 is 1.44 bits per heavy atom. The van der Waals surface area contributed by atoms with Crippen molar-refractivity contribution in [2.45, 2.75) is 25.3 Å². The topological polar surface area (TPSA) is 30.5 Å². The van der Waals surface area contributed by atoms with Crippen LogP contribution < -0.4 is 14.8 Å². The van der Waals surface area contributed by atoms with Gasteiger partial charge in [0, 0.05) is 18.0 Å². The Balaban J connectivity index is 2.03. The number of fused-ring (bicyclic) bond motifs is 1. The van der Waals surface area contributed by atoms with Crippen molar-refractivity contribution in [2.75, 3.05) is 20.3 Å². The summed E-state index contributed by atoms with van der Waals surface area (Å²) in [6, 6.07) is 4.73. The minimum Gasteiger partial charge on any atom is -0.493 e. The lowest BCUT2D eigenvalue weighted by Gasteiger charge is -2.16. The number of nitrogens with one attached hydrogen (secondary N) is 1. The van der Waals surface area contributed by atoms with Crippen LogP contribution in [0.25, 0.3) is 0 Å². The van der Waals surface area contributed by atoms with E-state index in [4.69, 9.17) is 9.47 Å². The molecular formula is C13H17NO2. The summed E-state index contributed by atoms with van der Waals surface area (Å²) in [5.74, 6) is 1.84. The molecule has 0 bridgehead atoms.